The molecule has 0 N–H and O–H groups in total. The summed E-state index contributed by atoms with van der Waals surface area (Å²) in [6.45, 7) is 3.80. The summed E-state index contributed by atoms with van der Waals surface area (Å²) in [5.74, 6) is -1.30. The molecule has 8 heteroatoms. The average molecular weight is 418 g/mol. The number of hydrogen-bond acceptors (Lipinski definition) is 7. The number of ether oxygens (including phenoxy) is 2. The number of methoxy groups -OCH3 is 2. The van der Waals surface area contributed by atoms with Gasteiger partial charge < -0.3 is 24.2 Å². The summed E-state index contributed by atoms with van der Waals surface area (Å²) in [7, 11) is 4.63. The Balaban J connectivity index is 2.01. The lowest BCUT2D eigenvalue weighted by atomic mass is 10.1. The summed E-state index contributed by atoms with van der Waals surface area (Å²) in [6, 6.07) is 5.68. The van der Waals surface area contributed by atoms with Gasteiger partial charge >= 0.3 is 11.9 Å². The second kappa shape index (κ2) is 9.15. The van der Waals surface area contributed by atoms with E-state index in [1.54, 1.807) is 23.3 Å². The van der Waals surface area contributed by atoms with E-state index in [4.69, 9.17) is 21.1 Å². The first-order valence-electron chi connectivity index (χ1n) is 9.24. The smallest absolute Gasteiger partial charge is 0.355 e. The number of anilines is 2. The van der Waals surface area contributed by atoms with Gasteiger partial charge in [0.15, 0.2) is 0 Å². The van der Waals surface area contributed by atoms with Crippen LogP contribution in [0.5, 0.6) is 0 Å². The first-order valence-corrected chi connectivity index (χ1v) is 9.62. The van der Waals surface area contributed by atoms with Crippen LogP contribution in [0.1, 0.15) is 0 Å². The number of hydrogen-bond donors (Lipinski definition) is 0. The van der Waals surface area contributed by atoms with Gasteiger partial charge in [-0.25, -0.2) is 9.59 Å². The van der Waals surface area contributed by atoms with Crippen LogP contribution in [0.2, 0.25) is 5.02 Å². The third kappa shape index (κ3) is 4.46. The molecular formula is C21H24ClN3O4. The van der Waals surface area contributed by atoms with Gasteiger partial charge in [-0.15, -0.1) is 0 Å². The number of esters is 2. The van der Waals surface area contributed by atoms with E-state index in [1.807, 2.05) is 18.2 Å². The molecule has 0 atom stereocenters. The van der Waals surface area contributed by atoms with Crippen LogP contribution in [0.15, 0.2) is 53.9 Å². The zero-order valence-electron chi connectivity index (χ0n) is 16.7. The van der Waals surface area contributed by atoms with Gasteiger partial charge in [-0.05, 0) is 37.4 Å². The standard InChI is InChI=1S/C21H24ClN3O4/c1-23-10-12-24(13-11-23)15-7-8-18(17(22)14-15)25-9-5-4-6-16(20(26)28-2)19(25)21(27)29-3/h4-9,14H,10-13H2,1-3H3. The number of likely N-dealkylation sites (N-methyl/N-ethyl adjacent to an activating group) is 1. The normalized spacial score (nSPS) is 17.4. The van der Waals surface area contributed by atoms with E-state index < -0.39 is 11.9 Å². The van der Waals surface area contributed by atoms with Crippen LogP contribution in [0.3, 0.4) is 0 Å². The molecule has 0 saturated carbocycles. The molecule has 0 aliphatic carbocycles. The maximum absolute atomic E-state index is 12.5. The van der Waals surface area contributed by atoms with E-state index in [0.29, 0.717) is 10.7 Å². The molecule has 2 aliphatic rings. The molecule has 3 rings (SSSR count). The van der Waals surface area contributed by atoms with Gasteiger partial charge in [-0.1, -0.05) is 17.7 Å². The molecule has 1 fully saturated rings. The van der Waals surface area contributed by atoms with Crippen molar-refractivity contribution in [2.45, 2.75) is 0 Å². The predicted molar refractivity (Wildman–Crippen MR) is 113 cm³/mol. The zero-order chi connectivity index (χ0) is 21.0. The highest BCUT2D eigenvalue weighted by molar-refractivity contribution is 6.33. The van der Waals surface area contributed by atoms with Gasteiger partial charge in [0.2, 0.25) is 0 Å². The Bertz CT molecular complexity index is 886. The van der Waals surface area contributed by atoms with E-state index >= 15 is 0 Å². The highest BCUT2D eigenvalue weighted by atomic mass is 35.5. The maximum atomic E-state index is 12.5. The molecule has 0 amide bonds. The van der Waals surface area contributed by atoms with Gasteiger partial charge in [0.25, 0.3) is 0 Å². The van der Waals surface area contributed by atoms with Crippen molar-refractivity contribution in [1.29, 1.82) is 0 Å². The molecule has 0 unspecified atom stereocenters. The summed E-state index contributed by atoms with van der Waals surface area (Å²) in [5, 5.41) is 0.457. The molecule has 2 heterocycles. The topological polar surface area (TPSA) is 62.3 Å². The van der Waals surface area contributed by atoms with Crippen molar-refractivity contribution < 1.29 is 19.1 Å². The quantitative estimate of drug-likeness (QED) is 0.698. The molecule has 7 nitrogen and oxygen atoms in total. The molecule has 0 spiro atoms. The van der Waals surface area contributed by atoms with Crippen LogP contribution in [-0.4, -0.2) is 64.3 Å². The molecule has 0 aromatic heterocycles. The Morgan fingerprint density at radius 1 is 1.00 bits per heavy atom. The Hall–Kier alpha value is -2.77. The molecule has 1 aromatic carbocycles. The fourth-order valence-electron chi connectivity index (χ4n) is 3.30. The van der Waals surface area contributed by atoms with Gasteiger partial charge in [-0.3, -0.25) is 0 Å². The molecular weight excluding hydrogens is 394 g/mol. The zero-order valence-corrected chi connectivity index (χ0v) is 17.5. The second-order valence-corrected chi connectivity index (χ2v) is 7.15. The van der Waals surface area contributed by atoms with Crippen molar-refractivity contribution in [3.8, 4) is 0 Å². The number of benzene rings is 1. The maximum Gasteiger partial charge on any atom is 0.355 e. The molecule has 0 bridgehead atoms. The lowest BCUT2D eigenvalue weighted by Gasteiger charge is -2.34. The Kier molecular flexibility index (Phi) is 6.61. The molecule has 1 aromatic rings. The van der Waals surface area contributed by atoms with Crippen LogP contribution in [0.25, 0.3) is 0 Å². The second-order valence-electron chi connectivity index (χ2n) is 6.74. The van der Waals surface area contributed by atoms with Crippen molar-refractivity contribution in [3.05, 3.63) is 58.9 Å². The Morgan fingerprint density at radius 3 is 2.31 bits per heavy atom. The third-order valence-electron chi connectivity index (χ3n) is 4.95. The van der Waals surface area contributed by atoms with E-state index in [-0.39, 0.29) is 11.3 Å². The summed E-state index contributed by atoms with van der Waals surface area (Å²) in [6.07, 6.45) is 6.54. The van der Waals surface area contributed by atoms with Crippen LogP contribution in [0, 0.1) is 0 Å². The summed E-state index contributed by atoms with van der Waals surface area (Å²) < 4.78 is 9.76. The van der Waals surface area contributed by atoms with E-state index in [9.17, 15) is 9.59 Å². The monoisotopic (exact) mass is 417 g/mol. The first kappa shape index (κ1) is 21.0. The fraction of sp³-hybridized carbons (Fsp3) is 0.333. The number of carbonyl (C=O) groups excluding carboxylic acids is 2. The highest BCUT2D eigenvalue weighted by Gasteiger charge is 2.28. The minimum Gasteiger partial charge on any atom is -0.465 e. The summed E-state index contributed by atoms with van der Waals surface area (Å²) in [5.41, 5.74) is 1.70. The number of nitrogens with zero attached hydrogens (tertiary/aromatic N) is 3. The van der Waals surface area contributed by atoms with Crippen molar-refractivity contribution in [2.75, 3.05) is 57.2 Å². The van der Waals surface area contributed by atoms with Crippen LogP contribution < -0.4 is 9.80 Å². The van der Waals surface area contributed by atoms with Gasteiger partial charge in [0.05, 0.1) is 30.5 Å². The number of carbonyl (C=O) groups is 2. The molecule has 1 saturated heterocycles. The third-order valence-corrected chi connectivity index (χ3v) is 5.25. The van der Waals surface area contributed by atoms with E-state index in [1.165, 1.54) is 20.3 Å². The molecule has 0 radical (unpaired) electrons. The largest absolute Gasteiger partial charge is 0.465 e. The van der Waals surface area contributed by atoms with Gasteiger partial charge in [0, 0.05) is 38.1 Å². The van der Waals surface area contributed by atoms with Crippen LogP contribution in [-0.2, 0) is 19.1 Å². The summed E-state index contributed by atoms with van der Waals surface area (Å²) in [4.78, 5) is 30.9. The van der Waals surface area contributed by atoms with E-state index in [0.717, 1.165) is 31.9 Å². The Labute approximate surface area is 175 Å². The van der Waals surface area contributed by atoms with Crippen molar-refractivity contribution in [3.63, 3.8) is 0 Å². The fourth-order valence-corrected chi connectivity index (χ4v) is 3.57. The van der Waals surface area contributed by atoms with Crippen molar-refractivity contribution >= 4 is 34.9 Å². The molecule has 29 heavy (non-hydrogen) atoms. The van der Waals surface area contributed by atoms with Crippen LogP contribution >= 0.6 is 11.6 Å². The van der Waals surface area contributed by atoms with Gasteiger partial charge in [0.1, 0.15) is 5.70 Å². The Morgan fingerprint density at radius 2 is 1.69 bits per heavy atom. The first-order chi connectivity index (χ1) is 14.0. The SMILES string of the molecule is COC(=O)C1=C(C(=O)OC)N(c2ccc(N3CCN(C)CC3)cc2Cl)C=CC=C1. The van der Waals surface area contributed by atoms with Gasteiger partial charge in [-0.2, -0.15) is 0 Å². The van der Waals surface area contributed by atoms with Crippen molar-refractivity contribution in [2.24, 2.45) is 0 Å². The highest BCUT2D eigenvalue weighted by Crippen LogP contribution is 2.35. The number of rotatable bonds is 4. The molecule has 154 valence electrons. The average Bonchev–Trinajstić information content (AvgIpc) is 2.96. The van der Waals surface area contributed by atoms with Crippen LogP contribution in [0.4, 0.5) is 11.4 Å². The predicted octanol–water partition coefficient (Wildman–Crippen LogP) is 2.58. The minimum absolute atomic E-state index is 0.0404. The van der Waals surface area contributed by atoms with E-state index in [2.05, 4.69) is 16.8 Å². The molecule has 2 aliphatic heterocycles. The lowest BCUT2D eigenvalue weighted by Crippen LogP contribution is -2.44. The summed E-state index contributed by atoms with van der Waals surface area (Å²) >= 11 is 6.61. The van der Waals surface area contributed by atoms with Crippen molar-refractivity contribution in [1.82, 2.24) is 4.90 Å². The number of halogens is 1. The minimum atomic E-state index is -0.666. The number of piperazine rings is 1. The number of allylic oxidation sites excluding steroid dienone is 2. The lowest BCUT2D eigenvalue weighted by molar-refractivity contribution is -0.139.